The largest absolute Gasteiger partial charge is 0.483 e. The zero-order valence-electron chi connectivity index (χ0n) is 18.2. The molecule has 2 atom stereocenters. The van der Waals surface area contributed by atoms with E-state index in [-0.39, 0.29) is 37.0 Å². The second kappa shape index (κ2) is 10.4. The Kier molecular flexibility index (Phi) is 7.63. The monoisotopic (exact) mass is 428 g/mol. The van der Waals surface area contributed by atoms with E-state index in [0.717, 1.165) is 5.56 Å². The highest BCUT2D eigenvalue weighted by Gasteiger charge is 2.32. The van der Waals surface area contributed by atoms with E-state index in [1.165, 1.54) is 12.1 Å². The summed E-state index contributed by atoms with van der Waals surface area (Å²) in [4.78, 5) is 29.1. The van der Waals surface area contributed by atoms with Gasteiger partial charge in [0, 0.05) is 31.7 Å². The highest BCUT2D eigenvalue weighted by atomic mass is 19.1. The molecule has 0 aromatic heterocycles. The Morgan fingerprint density at radius 2 is 1.74 bits per heavy atom. The maximum absolute atomic E-state index is 13.2. The minimum atomic E-state index is -0.470. The lowest BCUT2D eigenvalue weighted by Gasteiger charge is -2.44. The van der Waals surface area contributed by atoms with Crippen molar-refractivity contribution in [3.8, 4) is 5.75 Å². The van der Waals surface area contributed by atoms with Crippen LogP contribution >= 0.6 is 0 Å². The summed E-state index contributed by atoms with van der Waals surface area (Å²) in [5, 5.41) is 0. The van der Waals surface area contributed by atoms with Crippen molar-refractivity contribution >= 4 is 11.9 Å². The molecule has 0 unspecified atom stereocenters. The Hall–Kier alpha value is -2.93. The van der Waals surface area contributed by atoms with E-state index >= 15 is 0 Å². The molecule has 0 saturated carbocycles. The number of piperazine rings is 1. The quantitative estimate of drug-likeness (QED) is 0.632. The van der Waals surface area contributed by atoms with Crippen LogP contribution in [0, 0.1) is 5.82 Å². The number of halogens is 1. The lowest BCUT2D eigenvalue weighted by atomic mass is 10.1. The van der Waals surface area contributed by atoms with Gasteiger partial charge in [0.05, 0.1) is 6.61 Å². The average molecular weight is 429 g/mol. The number of amides is 1. The summed E-state index contributed by atoms with van der Waals surface area (Å²) in [5.41, 5.74) is 1.35. The number of benzene rings is 2. The second-order valence-corrected chi connectivity index (χ2v) is 7.81. The Morgan fingerprint density at radius 1 is 1.03 bits per heavy atom. The number of nitrogens with zero attached hydrogens (tertiary/aromatic N) is 2. The third kappa shape index (κ3) is 5.82. The second-order valence-electron chi connectivity index (χ2n) is 7.81. The van der Waals surface area contributed by atoms with Crippen molar-refractivity contribution in [2.75, 3.05) is 26.3 Å². The molecule has 1 fully saturated rings. The number of hydrogen-bond acceptors (Lipinski definition) is 5. The molecule has 3 rings (SSSR count). The van der Waals surface area contributed by atoms with E-state index in [4.69, 9.17) is 9.47 Å². The zero-order valence-corrected chi connectivity index (χ0v) is 18.2. The Morgan fingerprint density at radius 3 is 2.45 bits per heavy atom. The number of para-hydroxylation sites is 1. The Bertz CT molecular complexity index is 903. The highest BCUT2D eigenvalue weighted by molar-refractivity contribution is 5.92. The summed E-state index contributed by atoms with van der Waals surface area (Å²) in [5.74, 6) is -0.503. The molecule has 1 saturated heterocycles. The van der Waals surface area contributed by atoms with Crippen LogP contribution < -0.4 is 4.74 Å². The molecule has 0 bridgehead atoms. The average Bonchev–Trinajstić information content (AvgIpc) is 2.76. The fourth-order valence-electron chi connectivity index (χ4n) is 3.78. The third-order valence-corrected chi connectivity index (χ3v) is 5.47. The zero-order chi connectivity index (χ0) is 22.4. The minimum Gasteiger partial charge on any atom is -0.483 e. The van der Waals surface area contributed by atoms with Gasteiger partial charge in [-0.1, -0.05) is 24.3 Å². The van der Waals surface area contributed by atoms with Crippen molar-refractivity contribution in [3.05, 3.63) is 65.5 Å². The molecule has 0 N–H and O–H groups in total. The van der Waals surface area contributed by atoms with Gasteiger partial charge in [0.15, 0.2) is 6.61 Å². The fraction of sp³-hybridized carbons (Fsp3) is 0.417. The molecule has 7 heteroatoms. The van der Waals surface area contributed by atoms with E-state index < -0.39 is 5.97 Å². The predicted octanol–water partition coefficient (Wildman–Crippen LogP) is 3.50. The van der Waals surface area contributed by atoms with Crippen LogP contribution in [-0.4, -0.2) is 60.1 Å². The van der Waals surface area contributed by atoms with Crippen molar-refractivity contribution in [1.29, 1.82) is 0 Å². The number of carbonyl (C=O) groups excluding carboxylic acids is 2. The number of carbonyl (C=O) groups is 2. The van der Waals surface area contributed by atoms with E-state index in [0.29, 0.717) is 30.9 Å². The highest BCUT2D eigenvalue weighted by Crippen LogP contribution is 2.21. The molecule has 0 aliphatic carbocycles. The lowest BCUT2D eigenvalue weighted by molar-refractivity contribution is -0.139. The maximum Gasteiger partial charge on any atom is 0.341 e. The first-order chi connectivity index (χ1) is 14.9. The van der Waals surface area contributed by atoms with Gasteiger partial charge in [-0.25, -0.2) is 9.18 Å². The van der Waals surface area contributed by atoms with Crippen molar-refractivity contribution in [3.63, 3.8) is 0 Å². The molecule has 1 aliphatic heterocycles. The van der Waals surface area contributed by atoms with E-state index in [1.807, 2.05) is 11.8 Å². The lowest BCUT2D eigenvalue weighted by Crippen LogP contribution is -2.58. The van der Waals surface area contributed by atoms with E-state index in [9.17, 15) is 14.0 Å². The van der Waals surface area contributed by atoms with Gasteiger partial charge in [-0.2, -0.15) is 0 Å². The molecule has 6 nitrogen and oxygen atoms in total. The first-order valence-corrected chi connectivity index (χ1v) is 10.6. The normalized spacial score (nSPS) is 19.2. The molecule has 2 aromatic carbocycles. The van der Waals surface area contributed by atoms with Crippen molar-refractivity contribution in [1.82, 2.24) is 9.80 Å². The van der Waals surface area contributed by atoms with Gasteiger partial charge in [-0.05, 0) is 50.6 Å². The topological polar surface area (TPSA) is 59.1 Å². The summed E-state index contributed by atoms with van der Waals surface area (Å²) < 4.78 is 23.9. The smallest absolute Gasteiger partial charge is 0.341 e. The summed E-state index contributed by atoms with van der Waals surface area (Å²) >= 11 is 0. The van der Waals surface area contributed by atoms with Crippen molar-refractivity contribution < 1.29 is 23.5 Å². The Balaban J connectivity index is 1.58. The summed E-state index contributed by atoms with van der Waals surface area (Å²) in [6.45, 7) is 7.93. The van der Waals surface area contributed by atoms with Gasteiger partial charge in [-0.15, -0.1) is 0 Å². The standard InChI is InChI=1S/C24H29FN2O4/c1-4-30-24(29)21-7-5-6-8-22(21)31-16-23(28)27-14-17(2)26(13-18(27)3)15-19-9-11-20(25)12-10-19/h5-12,17-18H,4,13-16H2,1-3H3/t17-,18+/m0/s1. The predicted molar refractivity (Wildman–Crippen MR) is 115 cm³/mol. The van der Waals surface area contributed by atoms with Crippen molar-refractivity contribution in [2.45, 2.75) is 39.4 Å². The number of rotatable bonds is 7. The van der Waals surface area contributed by atoms with Gasteiger partial charge >= 0.3 is 5.97 Å². The molecule has 1 heterocycles. The van der Waals surface area contributed by atoms with E-state index in [1.54, 1.807) is 43.3 Å². The van der Waals surface area contributed by atoms with Crippen LogP contribution in [0.3, 0.4) is 0 Å². The number of ether oxygens (including phenoxy) is 2. The van der Waals surface area contributed by atoms with Crippen LogP contribution in [0.25, 0.3) is 0 Å². The van der Waals surface area contributed by atoms with Crippen molar-refractivity contribution in [2.24, 2.45) is 0 Å². The van der Waals surface area contributed by atoms with Gasteiger partial charge in [0.25, 0.3) is 5.91 Å². The van der Waals surface area contributed by atoms with Crippen LogP contribution in [0.1, 0.15) is 36.7 Å². The maximum atomic E-state index is 13.2. The molecule has 0 spiro atoms. The Labute approximate surface area is 182 Å². The molecule has 1 amide bonds. The SMILES string of the molecule is CCOC(=O)c1ccccc1OCC(=O)N1C[C@H](C)N(Cc2ccc(F)cc2)C[C@H]1C. The first kappa shape index (κ1) is 22.7. The van der Waals surface area contributed by atoms with Gasteiger partial charge in [-0.3, -0.25) is 9.69 Å². The number of hydrogen-bond donors (Lipinski definition) is 0. The molecule has 31 heavy (non-hydrogen) atoms. The summed E-state index contributed by atoms with van der Waals surface area (Å²) in [7, 11) is 0. The third-order valence-electron chi connectivity index (χ3n) is 5.47. The first-order valence-electron chi connectivity index (χ1n) is 10.6. The molecular formula is C24H29FN2O4. The number of esters is 1. The van der Waals surface area contributed by atoms with Gasteiger partial charge in [0.1, 0.15) is 17.1 Å². The minimum absolute atomic E-state index is 0.00745. The molecule has 0 radical (unpaired) electrons. The summed E-state index contributed by atoms with van der Waals surface area (Å²) in [6, 6.07) is 13.4. The van der Waals surface area contributed by atoms with Gasteiger partial charge in [0.2, 0.25) is 0 Å². The van der Waals surface area contributed by atoms with Crippen LogP contribution in [0.5, 0.6) is 5.75 Å². The molecular weight excluding hydrogens is 399 g/mol. The van der Waals surface area contributed by atoms with Gasteiger partial charge < -0.3 is 14.4 Å². The van der Waals surface area contributed by atoms with Crippen LogP contribution in [0.4, 0.5) is 4.39 Å². The molecule has 166 valence electrons. The summed E-state index contributed by atoms with van der Waals surface area (Å²) in [6.07, 6.45) is 0. The molecule has 2 aromatic rings. The van der Waals surface area contributed by atoms with E-state index in [2.05, 4.69) is 11.8 Å². The van der Waals surface area contributed by atoms with Crippen LogP contribution in [-0.2, 0) is 16.1 Å². The van der Waals surface area contributed by atoms with Crippen LogP contribution in [0.2, 0.25) is 0 Å². The fourth-order valence-corrected chi connectivity index (χ4v) is 3.78. The molecule has 1 aliphatic rings. The van der Waals surface area contributed by atoms with Crippen LogP contribution in [0.15, 0.2) is 48.5 Å².